The molecule has 6 heteroatoms. The van der Waals surface area contributed by atoms with Gasteiger partial charge >= 0.3 is 0 Å². The van der Waals surface area contributed by atoms with Crippen LogP contribution in [0.25, 0.3) is 5.57 Å². The predicted molar refractivity (Wildman–Crippen MR) is 95.9 cm³/mol. The van der Waals surface area contributed by atoms with E-state index in [1.54, 1.807) is 30.3 Å². The van der Waals surface area contributed by atoms with Gasteiger partial charge in [-0.2, -0.15) is 5.10 Å². The zero-order valence-electron chi connectivity index (χ0n) is 12.7. The van der Waals surface area contributed by atoms with E-state index in [0.717, 1.165) is 0 Å². The molecule has 0 amide bonds. The zero-order valence-corrected chi connectivity index (χ0v) is 14.2. The zero-order chi connectivity index (χ0) is 17.2. The number of aromatic nitrogens is 3. The molecule has 1 aromatic heterocycles. The Labute approximate surface area is 149 Å². The van der Waals surface area contributed by atoms with E-state index in [2.05, 4.69) is 21.8 Å². The van der Waals surface area contributed by atoms with Gasteiger partial charge in [0, 0.05) is 16.5 Å². The second-order valence-electron chi connectivity index (χ2n) is 5.43. The second kappa shape index (κ2) is 6.77. The van der Waals surface area contributed by atoms with Crippen LogP contribution in [0.1, 0.15) is 17.0 Å². The molecule has 1 atom stereocenters. The lowest BCUT2D eigenvalue weighted by Gasteiger charge is -2.31. The van der Waals surface area contributed by atoms with E-state index in [0.29, 0.717) is 32.6 Å². The fourth-order valence-electron chi connectivity index (χ4n) is 2.60. The molecular formula is C18H15Cl2N3O. The average molecular weight is 360 g/mol. The summed E-state index contributed by atoms with van der Waals surface area (Å²) < 4.78 is 0. The third-order valence-corrected chi connectivity index (χ3v) is 4.49. The Morgan fingerprint density at radius 1 is 1.12 bits per heavy atom. The lowest BCUT2D eigenvalue weighted by Crippen LogP contribution is -2.30. The van der Waals surface area contributed by atoms with E-state index in [1.807, 2.05) is 18.2 Å². The van der Waals surface area contributed by atoms with Crippen LogP contribution in [0.3, 0.4) is 0 Å². The van der Waals surface area contributed by atoms with Gasteiger partial charge in [0.2, 0.25) is 0 Å². The van der Waals surface area contributed by atoms with Crippen molar-refractivity contribution in [3.8, 4) is 0 Å². The number of aromatic amines is 1. The number of nitrogens with zero attached hydrogens (tertiary/aromatic N) is 2. The van der Waals surface area contributed by atoms with Crippen LogP contribution < -0.4 is 0 Å². The maximum atomic E-state index is 11.5. The average Bonchev–Trinajstić information content (AvgIpc) is 3.08. The van der Waals surface area contributed by atoms with Crippen molar-refractivity contribution in [1.29, 1.82) is 0 Å². The normalized spacial score (nSPS) is 13.5. The van der Waals surface area contributed by atoms with Crippen molar-refractivity contribution in [2.75, 3.05) is 0 Å². The number of rotatable bonds is 5. The van der Waals surface area contributed by atoms with E-state index in [4.69, 9.17) is 23.2 Å². The highest BCUT2D eigenvalue weighted by Gasteiger charge is 2.35. The summed E-state index contributed by atoms with van der Waals surface area (Å²) in [5.41, 5.74) is 0.394. The number of benzene rings is 2. The topological polar surface area (TPSA) is 61.8 Å². The molecule has 24 heavy (non-hydrogen) atoms. The summed E-state index contributed by atoms with van der Waals surface area (Å²) in [6.45, 7) is 4.11. The highest BCUT2D eigenvalue weighted by atomic mass is 35.5. The van der Waals surface area contributed by atoms with E-state index >= 15 is 0 Å². The maximum absolute atomic E-state index is 11.5. The lowest BCUT2D eigenvalue weighted by atomic mass is 9.80. The molecule has 122 valence electrons. The minimum atomic E-state index is -1.41. The van der Waals surface area contributed by atoms with E-state index in [-0.39, 0.29) is 6.42 Å². The number of hydrogen-bond acceptors (Lipinski definition) is 3. The first-order chi connectivity index (χ1) is 11.5. The highest BCUT2D eigenvalue weighted by Crippen LogP contribution is 2.40. The predicted octanol–water partition coefficient (Wildman–Crippen LogP) is 4.26. The van der Waals surface area contributed by atoms with Gasteiger partial charge in [-0.15, -0.1) is 0 Å². The molecule has 0 bridgehead atoms. The quantitative estimate of drug-likeness (QED) is 0.715. The van der Waals surface area contributed by atoms with Gasteiger partial charge in [0.25, 0.3) is 0 Å². The molecule has 1 heterocycles. The van der Waals surface area contributed by atoms with Crippen molar-refractivity contribution in [1.82, 2.24) is 15.2 Å². The van der Waals surface area contributed by atoms with Crippen LogP contribution in [0.2, 0.25) is 10.0 Å². The van der Waals surface area contributed by atoms with Crippen LogP contribution in [0.15, 0.2) is 61.4 Å². The highest BCUT2D eigenvalue weighted by molar-refractivity contribution is 6.32. The van der Waals surface area contributed by atoms with E-state index < -0.39 is 5.60 Å². The van der Waals surface area contributed by atoms with Crippen molar-refractivity contribution in [2.45, 2.75) is 12.0 Å². The molecule has 2 aromatic carbocycles. The largest absolute Gasteiger partial charge is 0.380 e. The number of halogens is 2. The molecule has 2 N–H and O–H groups in total. The van der Waals surface area contributed by atoms with Crippen molar-refractivity contribution in [3.05, 3.63) is 88.4 Å². The summed E-state index contributed by atoms with van der Waals surface area (Å²) in [5.74, 6) is 0.542. The summed E-state index contributed by atoms with van der Waals surface area (Å²) in [4.78, 5) is 4.12. The summed E-state index contributed by atoms with van der Waals surface area (Å²) in [6, 6.07) is 14.2. The molecule has 1 unspecified atom stereocenters. The first-order valence-electron chi connectivity index (χ1n) is 7.27. The Kier molecular flexibility index (Phi) is 4.71. The molecular weight excluding hydrogens is 345 g/mol. The van der Waals surface area contributed by atoms with E-state index in [9.17, 15) is 5.11 Å². The fraction of sp³-hybridized carbons (Fsp3) is 0.111. The summed E-state index contributed by atoms with van der Waals surface area (Å²) >= 11 is 12.3. The SMILES string of the molecule is C=C(c1ccccc1Cl)C(O)(Cc1ncn[nH]1)c1ccc(Cl)cc1. The van der Waals surface area contributed by atoms with Crippen molar-refractivity contribution in [2.24, 2.45) is 0 Å². The molecule has 0 saturated heterocycles. The molecule has 0 aliphatic carbocycles. The third kappa shape index (κ3) is 3.22. The number of hydrogen-bond donors (Lipinski definition) is 2. The number of nitrogens with one attached hydrogen (secondary N) is 1. The molecule has 0 aliphatic rings. The first kappa shape index (κ1) is 16.7. The van der Waals surface area contributed by atoms with Crippen LogP contribution in [0, 0.1) is 0 Å². The minimum absolute atomic E-state index is 0.179. The standard InChI is InChI=1S/C18H15Cl2N3O/c1-12(15-4-2-3-5-16(15)20)18(24,10-17-21-11-22-23-17)13-6-8-14(19)9-7-13/h2-9,11,24H,1,10H2,(H,21,22,23). The second-order valence-corrected chi connectivity index (χ2v) is 6.28. The summed E-state index contributed by atoms with van der Waals surface area (Å²) in [5, 5.41) is 19.2. The Balaban J connectivity index is 2.09. The number of H-pyrrole nitrogens is 1. The van der Waals surface area contributed by atoms with Crippen LogP contribution >= 0.6 is 23.2 Å². The fourth-order valence-corrected chi connectivity index (χ4v) is 2.97. The molecule has 4 nitrogen and oxygen atoms in total. The third-order valence-electron chi connectivity index (χ3n) is 3.91. The van der Waals surface area contributed by atoms with Gasteiger partial charge in [0.15, 0.2) is 0 Å². The molecule has 0 saturated carbocycles. The van der Waals surface area contributed by atoms with Gasteiger partial charge < -0.3 is 5.11 Å². The number of aliphatic hydroxyl groups is 1. The monoisotopic (exact) mass is 359 g/mol. The summed E-state index contributed by atoms with van der Waals surface area (Å²) in [6.07, 6.45) is 1.58. The van der Waals surface area contributed by atoms with Gasteiger partial charge in [-0.1, -0.05) is 60.1 Å². The summed E-state index contributed by atoms with van der Waals surface area (Å²) in [7, 11) is 0. The Morgan fingerprint density at radius 2 is 1.83 bits per heavy atom. The molecule has 0 aliphatic heterocycles. The molecule has 0 radical (unpaired) electrons. The van der Waals surface area contributed by atoms with Gasteiger partial charge in [-0.05, 0) is 34.9 Å². The van der Waals surface area contributed by atoms with Crippen LogP contribution in [0.4, 0.5) is 0 Å². The Hall–Kier alpha value is -2.14. The van der Waals surface area contributed by atoms with Crippen LogP contribution in [-0.4, -0.2) is 20.3 Å². The molecule has 0 spiro atoms. The van der Waals surface area contributed by atoms with Gasteiger partial charge in [-0.25, -0.2) is 4.98 Å². The lowest BCUT2D eigenvalue weighted by molar-refractivity contribution is 0.0990. The van der Waals surface area contributed by atoms with Gasteiger partial charge in [-0.3, -0.25) is 5.10 Å². The van der Waals surface area contributed by atoms with Crippen molar-refractivity contribution >= 4 is 28.8 Å². The molecule has 3 aromatic rings. The molecule has 3 rings (SSSR count). The van der Waals surface area contributed by atoms with Gasteiger partial charge in [0.05, 0.1) is 0 Å². The minimum Gasteiger partial charge on any atom is -0.380 e. The Bertz CT molecular complexity index is 847. The maximum Gasteiger partial charge on any atom is 0.137 e. The van der Waals surface area contributed by atoms with Gasteiger partial charge in [0.1, 0.15) is 17.8 Å². The smallest absolute Gasteiger partial charge is 0.137 e. The van der Waals surface area contributed by atoms with Crippen molar-refractivity contribution < 1.29 is 5.11 Å². The van der Waals surface area contributed by atoms with E-state index in [1.165, 1.54) is 6.33 Å². The van der Waals surface area contributed by atoms with Crippen molar-refractivity contribution in [3.63, 3.8) is 0 Å². The van der Waals surface area contributed by atoms with Crippen LogP contribution in [-0.2, 0) is 12.0 Å². The Morgan fingerprint density at radius 3 is 2.46 bits per heavy atom. The first-order valence-corrected chi connectivity index (χ1v) is 8.03. The van der Waals surface area contributed by atoms with Crippen LogP contribution in [0.5, 0.6) is 0 Å². The molecule has 0 fully saturated rings.